The summed E-state index contributed by atoms with van der Waals surface area (Å²) in [5.41, 5.74) is 4.77. The Labute approximate surface area is 155 Å². The highest BCUT2D eigenvalue weighted by Crippen LogP contribution is 2.15. The molecule has 5 N–H and O–H groups in total. The minimum atomic E-state index is -0.777. The molecular weight excluding hydrogens is 314 g/mol. The van der Waals surface area contributed by atoms with Gasteiger partial charge in [0.2, 0.25) is 5.91 Å². The first-order valence-electron chi connectivity index (χ1n) is 9.92. The highest BCUT2D eigenvalue weighted by molar-refractivity contribution is 5.79. The molecule has 1 rings (SSSR count). The average Bonchev–Trinajstić information content (AvgIpc) is 2.62. The summed E-state index contributed by atoms with van der Waals surface area (Å²) >= 11 is 0. The Hall–Kier alpha value is -0.910. The number of amides is 1. The Morgan fingerprint density at radius 1 is 1.16 bits per heavy atom. The topological polar surface area (TPSA) is 87.4 Å². The SMILES string of the molecule is C/C=C/CNC(=O)C(CN)CNCC(C)(C)O.C1CCCCC1.CC. The van der Waals surface area contributed by atoms with Crippen LogP contribution in [0.1, 0.15) is 73.1 Å². The summed E-state index contributed by atoms with van der Waals surface area (Å²) in [6.07, 6.45) is 12.8. The van der Waals surface area contributed by atoms with Crippen molar-refractivity contribution in [3.05, 3.63) is 12.2 Å². The number of aliphatic hydroxyl groups is 1. The number of hydrogen-bond donors (Lipinski definition) is 4. The minimum Gasteiger partial charge on any atom is -0.389 e. The van der Waals surface area contributed by atoms with E-state index in [-0.39, 0.29) is 11.8 Å². The summed E-state index contributed by atoms with van der Waals surface area (Å²) in [6, 6.07) is 0. The van der Waals surface area contributed by atoms with Crippen LogP contribution in [0.25, 0.3) is 0 Å². The molecule has 0 saturated heterocycles. The van der Waals surface area contributed by atoms with Gasteiger partial charge in [0.1, 0.15) is 0 Å². The molecule has 1 fully saturated rings. The third-order valence-corrected chi connectivity index (χ3v) is 3.73. The second kappa shape index (κ2) is 17.9. The third kappa shape index (κ3) is 19.3. The third-order valence-electron chi connectivity index (χ3n) is 3.73. The molecule has 1 aliphatic carbocycles. The highest BCUT2D eigenvalue weighted by atomic mass is 16.3. The monoisotopic (exact) mass is 357 g/mol. The first kappa shape index (κ1) is 26.3. The van der Waals surface area contributed by atoms with Crippen LogP contribution >= 0.6 is 0 Å². The molecule has 0 bridgehead atoms. The van der Waals surface area contributed by atoms with Crippen LogP contribution in [0, 0.1) is 5.92 Å². The zero-order valence-electron chi connectivity index (χ0n) is 17.2. The quantitative estimate of drug-likeness (QED) is 0.503. The number of rotatable bonds is 8. The number of carbonyl (C=O) groups excluding carboxylic acids is 1. The molecule has 0 aliphatic heterocycles. The number of nitrogens with two attached hydrogens (primary N) is 1. The summed E-state index contributed by atoms with van der Waals surface area (Å²) in [7, 11) is 0. The molecule has 0 aromatic rings. The van der Waals surface area contributed by atoms with Gasteiger partial charge in [0.15, 0.2) is 0 Å². The molecule has 1 saturated carbocycles. The zero-order valence-corrected chi connectivity index (χ0v) is 17.2. The minimum absolute atomic E-state index is 0.0613. The van der Waals surface area contributed by atoms with Crippen molar-refractivity contribution in [2.75, 3.05) is 26.2 Å². The van der Waals surface area contributed by atoms with E-state index in [0.29, 0.717) is 26.2 Å². The fourth-order valence-corrected chi connectivity index (χ4v) is 2.32. The summed E-state index contributed by atoms with van der Waals surface area (Å²) in [6.45, 7) is 11.1. The molecule has 150 valence electrons. The predicted octanol–water partition coefficient (Wildman–Crippen LogP) is 2.98. The van der Waals surface area contributed by atoms with Crippen LogP contribution in [0.3, 0.4) is 0 Å². The Kier molecular flexibility index (Phi) is 18.8. The molecule has 0 heterocycles. The van der Waals surface area contributed by atoms with E-state index >= 15 is 0 Å². The molecule has 25 heavy (non-hydrogen) atoms. The fourth-order valence-electron chi connectivity index (χ4n) is 2.32. The molecule has 0 spiro atoms. The van der Waals surface area contributed by atoms with E-state index in [9.17, 15) is 9.90 Å². The summed E-state index contributed by atoms with van der Waals surface area (Å²) < 4.78 is 0. The predicted molar refractivity (Wildman–Crippen MR) is 109 cm³/mol. The Morgan fingerprint density at radius 2 is 1.64 bits per heavy atom. The Morgan fingerprint density at radius 3 is 2.00 bits per heavy atom. The van der Waals surface area contributed by atoms with Crippen molar-refractivity contribution in [1.29, 1.82) is 0 Å². The van der Waals surface area contributed by atoms with E-state index in [1.54, 1.807) is 13.8 Å². The lowest BCUT2D eigenvalue weighted by molar-refractivity contribution is -0.124. The lowest BCUT2D eigenvalue weighted by Crippen LogP contribution is -2.44. The van der Waals surface area contributed by atoms with Gasteiger partial charge in [0.25, 0.3) is 0 Å². The molecule has 1 unspecified atom stereocenters. The summed E-state index contributed by atoms with van der Waals surface area (Å²) in [5, 5.41) is 15.3. The van der Waals surface area contributed by atoms with Crippen molar-refractivity contribution in [2.45, 2.75) is 78.7 Å². The van der Waals surface area contributed by atoms with Gasteiger partial charge in [-0.25, -0.2) is 0 Å². The zero-order chi connectivity index (χ0) is 19.6. The van der Waals surface area contributed by atoms with Gasteiger partial charge in [-0.15, -0.1) is 0 Å². The number of allylic oxidation sites excluding steroid dienone is 1. The maximum absolute atomic E-state index is 11.7. The molecular formula is C20H43N3O2. The standard InChI is InChI=1S/C12H25N3O2.C6H12.C2H6/c1-4-5-6-15-11(16)10(7-13)8-14-9-12(2,3)17;1-2-4-6-5-3-1;1-2/h4-5,10,14,17H,6-9,13H2,1-3H3,(H,15,16);1-6H2;1-2H3/b5-4+;;. The van der Waals surface area contributed by atoms with E-state index in [4.69, 9.17) is 5.73 Å². The lowest BCUT2D eigenvalue weighted by Gasteiger charge is -2.20. The second-order valence-electron chi connectivity index (χ2n) is 6.81. The van der Waals surface area contributed by atoms with Crippen molar-refractivity contribution in [3.8, 4) is 0 Å². The van der Waals surface area contributed by atoms with Crippen molar-refractivity contribution in [1.82, 2.24) is 10.6 Å². The normalized spacial score (nSPS) is 15.5. The molecule has 1 atom stereocenters. The molecule has 1 amide bonds. The largest absolute Gasteiger partial charge is 0.389 e. The Bertz CT molecular complexity index is 310. The first-order valence-corrected chi connectivity index (χ1v) is 9.92. The molecule has 5 heteroatoms. The van der Waals surface area contributed by atoms with Crippen LogP contribution < -0.4 is 16.4 Å². The molecule has 0 aromatic carbocycles. The van der Waals surface area contributed by atoms with Gasteiger partial charge in [-0.05, 0) is 20.8 Å². The van der Waals surface area contributed by atoms with E-state index in [0.717, 1.165) is 0 Å². The van der Waals surface area contributed by atoms with Gasteiger partial charge < -0.3 is 21.5 Å². The Balaban J connectivity index is 0. The smallest absolute Gasteiger partial charge is 0.225 e. The number of nitrogens with one attached hydrogen (secondary N) is 2. The van der Waals surface area contributed by atoms with E-state index in [1.165, 1.54) is 38.5 Å². The highest BCUT2D eigenvalue weighted by Gasteiger charge is 2.17. The fraction of sp³-hybridized carbons (Fsp3) is 0.850. The van der Waals surface area contributed by atoms with Crippen LogP contribution in [0.2, 0.25) is 0 Å². The maximum atomic E-state index is 11.7. The molecule has 1 aliphatic rings. The van der Waals surface area contributed by atoms with Gasteiger partial charge in [0, 0.05) is 26.2 Å². The number of carbonyl (C=O) groups is 1. The van der Waals surface area contributed by atoms with Crippen molar-refractivity contribution < 1.29 is 9.90 Å². The second-order valence-corrected chi connectivity index (χ2v) is 6.81. The molecule has 0 aromatic heterocycles. The van der Waals surface area contributed by atoms with Gasteiger partial charge in [-0.1, -0.05) is 64.5 Å². The van der Waals surface area contributed by atoms with Gasteiger partial charge in [-0.3, -0.25) is 4.79 Å². The van der Waals surface area contributed by atoms with Crippen LogP contribution in [0.4, 0.5) is 0 Å². The van der Waals surface area contributed by atoms with E-state index in [2.05, 4.69) is 10.6 Å². The number of hydrogen-bond acceptors (Lipinski definition) is 4. The van der Waals surface area contributed by atoms with Gasteiger partial charge in [-0.2, -0.15) is 0 Å². The summed E-state index contributed by atoms with van der Waals surface area (Å²) in [4.78, 5) is 11.7. The molecule has 5 nitrogen and oxygen atoms in total. The van der Waals surface area contributed by atoms with Crippen molar-refractivity contribution in [2.24, 2.45) is 11.7 Å². The van der Waals surface area contributed by atoms with Crippen LogP contribution in [0.15, 0.2) is 12.2 Å². The van der Waals surface area contributed by atoms with Gasteiger partial charge in [0.05, 0.1) is 11.5 Å². The van der Waals surface area contributed by atoms with Crippen LogP contribution in [-0.4, -0.2) is 42.8 Å². The molecule has 0 radical (unpaired) electrons. The van der Waals surface area contributed by atoms with Crippen molar-refractivity contribution in [3.63, 3.8) is 0 Å². The maximum Gasteiger partial charge on any atom is 0.225 e. The van der Waals surface area contributed by atoms with Crippen LogP contribution in [0.5, 0.6) is 0 Å². The van der Waals surface area contributed by atoms with E-state index in [1.807, 2.05) is 32.9 Å². The van der Waals surface area contributed by atoms with E-state index < -0.39 is 5.60 Å². The lowest BCUT2D eigenvalue weighted by atomic mass is 10.0. The van der Waals surface area contributed by atoms with Crippen molar-refractivity contribution >= 4 is 5.91 Å². The van der Waals surface area contributed by atoms with Crippen LogP contribution in [-0.2, 0) is 4.79 Å². The average molecular weight is 358 g/mol. The first-order chi connectivity index (χ1) is 11.9. The summed E-state index contributed by atoms with van der Waals surface area (Å²) in [5.74, 6) is -0.323. The van der Waals surface area contributed by atoms with Gasteiger partial charge >= 0.3 is 0 Å².